The highest BCUT2D eigenvalue weighted by molar-refractivity contribution is 5.91. The number of carbonyl (C=O) groups excluding carboxylic acids is 1. The van der Waals surface area contributed by atoms with Crippen LogP contribution in [0.1, 0.15) is 18.1 Å². The van der Waals surface area contributed by atoms with Crippen LogP contribution in [-0.4, -0.2) is 18.1 Å². The molecular formula is C22H19NO3. The predicted molar refractivity (Wildman–Crippen MR) is 104 cm³/mol. The minimum Gasteiger partial charge on any atom is -0.493 e. The van der Waals surface area contributed by atoms with Gasteiger partial charge in [0.1, 0.15) is 0 Å². The number of carbonyl (C=O) groups is 1. The van der Waals surface area contributed by atoms with Crippen LogP contribution < -0.4 is 9.47 Å². The molecular weight excluding hydrogens is 326 g/mol. The van der Waals surface area contributed by atoms with E-state index in [-0.39, 0.29) is 0 Å². The molecule has 0 unspecified atom stereocenters. The highest BCUT2D eigenvalue weighted by atomic mass is 16.6. The van der Waals surface area contributed by atoms with Crippen LogP contribution in [-0.2, 0) is 4.79 Å². The predicted octanol–water partition coefficient (Wildman–Crippen LogP) is 4.90. The zero-order chi connectivity index (χ0) is 18.5. The van der Waals surface area contributed by atoms with E-state index in [0.717, 1.165) is 22.0 Å². The minimum atomic E-state index is -0.477. The minimum absolute atomic E-state index is 0.334. The lowest BCUT2D eigenvalue weighted by atomic mass is 10.1. The summed E-state index contributed by atoms with van der Waals surface area (Å²) in [7, 11) is 1.54. The Hall–Kier alpha value is -3.40. The van der Waals surface area contributed by atoms with Crippen LogP contribution in [0.15, 0.2) is 66.9 Å². The molecule has 0 atom stereocenters. The number of esters is 1. The number of fused-ring (bicyclic) bond motifs is 1. The van der Waals surface area contributed by atoms with E-state index >= 15 is 0 Å². The van der Waals surface area contributed by atoms with E-state index in [0.29, 0.717) is 17.1 Å². The molecule has 130 valence electrons. The van der Waals surface area contributed by atoms with E-state index in [4.69, 9.17) is 9.47 Å². The number of aromatic nitrogens is 1. The molecule has 0 aliphatic carbocycles. The van der Waals surface area contributed by atoms with Gasteiger partial charge in [0.15, 0.2) is 11.5 Å². The Bertz CT molecular complexity index is 1000. The van der Waals surface area contributed by atoms with Gasteiger partial charge in [0.05, 0.1) is 12.6 Å². The maximum Gasteiger partial charge on any atom is 0.338 e. The Balaban J connectivity index is 1.89. The number of hydrogen-bond acceptors (Lipinski definition) is 4. The lowest BCUT2D eigenvalue weighted by molar-refractivity contribution is -0.130. The summed E-state index contributed by atoms with van der Waals surface area (Å²) in [5.74, 6) is 0.378. The Morgan fingerprint density at radius 2 is 1.88 bits per heavy atom. The van der Waals surface area contributed by atoms with Gasteiger partial charge in [-0.3, -0.25) is 4.98 Å². The molecule has 2 aromatic carbocycles. The molecule has 1 heterocycles. The second kappa shape index (κ2) is 7.66. The fourth-order valence-corrected chi connectivity index (χ4v) is 2.51. The van der Waals surface area contributed by atoms with Crippen LogP contribution in [0.4, 0.5) is 0 Å². The topological polar surface area (TPSA) is 48.4 Å². The molecule has 1 aromatic heterocycles. The summed E-state index contributed by atoms with van der Waals surface area (Å²) in [6.45, 7) is 5.18. The third-order valence-corrected chi connectivity index (χ3v) is 3.88. The number of rotatable bonds is 5. The molecule has 0 aliphatic rings. The normalized spacial score (nSPS) is 10.8. The number of para-hydroxylation sites is 1. The first-order valence-corrected chi connectivity index (χ1v) is 8.16. The van der Waals surface area contributed by atoms with Gasteiger partial charge in [0.25, 0.3) is 0 Å². The number of methoxy groups -OCH3 is 1. The molecule has 3 aromatic rings. The van der Waals surface area contributed by atoms with Gasteiger partial charge in [0, 0.05) is 17.2 Å². The van der Waals surface area contributed by atoms with Crippen molar-refractivity contribution in [1.82, 2.24) is 4.98 Å². The summed E-state index contributed by atoms with van der Waals surface area (Å²) in [5.41, 5.74) is 3.29. The average molecular weight is 345 g/mol. The van der Waals surface area contributed by atoms with Crippen molar-refractivity contribution < 1.29 is 14.3 Å². The molecule has 0 N–H and O–H groups in total. The monoisotopic (exact) mass is 345 g/mol. The second-order valence-corrected chi connectivity index (χ2v) is 5.83. The van der Waals surface area contributed by atoms with Crippen LogP contribution in [0.2, 0.25) is 0 Å². The molecule has 0 aliphatic heterocycles. The van der Waals surface area contributed by atoms with E-state index in [1.807, 2.05) is 54.6 Å². The van der Waals surface area contributed by atoms with E-state index in [1.165, 1.54) is 7.11 Å². The highest BCUT2D eigenvalue weighted by Crippen LogP contribution is 2.29. The first-order chi connectivity index (χ1) is 12.6. The van der Waals surface area contributed by atoms with Crippen molar-refractivity contribution in [3.63, 3.8) is 0 Å². The summed E-state index contributed by atoms with van der Waals surface area (Å²) in [4.78, 5) is 16.1. The molecule has 0 amide bonds. The summed E-state index contributed by atoms with van der Waals surface area (Å²) in [6.07, 6.45) is 5.80. The standard InChI is InChI=1S/C22H19NO3/c1-15(2)22(24)26-20-11-9-16(14-21(20)25-3)8-10-17-12-13-23-19-7-5-4-6-18(17)19/h4-14H,1H2,2-3H3/b10-8+. The van der Waals surface area contributed by atoms with E-state index < -0.39 is 5.97 Å². The van der Waals surface area contributed by atoms with Gasteiger partial charge in [-0.1, -0.05) is 43.0 Å². The van der Waals surface area contributed by atoms with Gasteiger partial charge in [-0.05, 0) is 42.3 Å². The van der Waals surface area contributed by atoms with Crippen molar-refractivity contribution in [1.29, 1.82) is 0 Å². The Labute approximate surface area is 152 Å². The molecule has 0 spiro atoms. The molecule has 0 saturated carbocycles. The quantitative estimate of drug-likeness (QED) is 0.375. The first kappa shape index (κ1) is 17.4. The fraction of sp³-hybridized carbons (Fsp3) is 0.0909. The third-order valence-electron chi connectivity index (χ3n) is 3.88. The molecule has 4 heteroatoms. The molecule has 3 rings (SSSR count). The third kappa shape index (κ3) is 3.81. The largest absolute Gasteiger partial charge is 0.493 e. The number of hydrogen-bond donors (Lipinski definition) is 0. The smallest absolute Gasteiger partial charge is 0.338 e. The molecule has 4 nitrogen and oxygen atoms in total. The zero-order valence-electron chi connectivity index (χ0n) is 14.7. The van der Waals surface area contributed by atoms with Crippen molar-refractivity contribution in [2.75, 3.05) is 7.11 Å². The summed E-state index contributed by atoms with van der Waals surface area (Å²) < 4.78 is 10.6. The SMILES string of the molecule is C=C(C)C(=O)Oc1ccc(/C=C/c2ccnc3ccccc23)cc1OC. The lowest BCUT2D eigenvalue weighted by Crippen LogP contribution is -2.09. The van der Waals surface area contributed by atoms with Crippen LogP contribution in [0.25, 0.3) is 23.1 Å². The zero-order valence-corrected chi connectivity index (χ0v) is 14.7. The number of benzene rings is 2. The van der Waals surface area contributed by atoms with Crippen LogP contribution in [0.3, 0.4) is 0 Å². The van der Waals surface area contributed by atoms with Gasteiger partial charge < -0.3 is 9.47 Å². The van der Waals surface area contributed by atoms with Crippen LogP contribution in [0.5, 0.6) is 11.5 Å². The molecule has 0 fully saturated rings. The lowest BCUT2D eigenvalue weighted by Gasteiger charge is -2.10. The first-order valence-electron chi connectivity index (χ1n) is 8.16. The van der Waals surface area contributed by atoms with Crippen molar-refractivity contribution in [2.45, 2.75) is 6.92 Å². The average Bonchev–Trinajstić information content (AvgIpc) is 2.66. The number of nitrogens with zero attached hydrogens (tertiary/aromatic N) is 1. The van der Waals surface area contributed by atoms with Crippen LogP contribution in [0, 0.1) is 0 Å². The number of pyridine rings is 1. The van der Waals surface area contributed by atoms with E-state index in [1.54, 1.807) is 19.2 Å². The van der Waals surface area contributed by atoms with E-state index in [2.05, 4.69) is 11.6 Å². The van der Waals surface area contributed by atoms with Crippen LogP contribution >= 0.6 is 0 Å². The highest BCUT2D eigenvalue weighted by Gasteiger charge is 2.10. The van der Waals surface area contributed by atoms with Crippen molar-refractivity contribution in [2.24, 2.45) is 0 Å². The summed E-state index contributed by atoms with van der Waals surface area (Å²) in [6, 6.07) is 15.4. The van der Waals surface area contributed by atoms with Gasteiger partial charge in [0.2, 0.25) is 0 Å². The Kier molecular flexibility index (Phi) is 5.13. The van der Waals surface area contributed by atoms with E-state index in [9.17, 15) is 4.79 Å². The molecule has 0 radical (unpaired) electrons. The molecule has 0 saturated heterocycles. The summed E-state index contributed by atoms with van der Waals surface area (Å²) >= 11 is 0. The van der Waals surface area contributed by atoms with Crippen molar-refractivity contribution >= 4 is 29.0 Å². The maximum atomic E-state index is 11.7. The second-order valence-electron chi connectivity index (χ2n) is 5.83. The van der Waals surface area contributed by atoms with Crippen molar-refractivity contribution in [3.8, 4) is 11.5 Å². The van der Waals surface area contributed by atoms with Gasteiger partial charge in [-0.15, -0.1) is 0 Å². The fourth-order valence-electron chi connectivity index (χ4n) is 2.51. The molecule has 0 bridgehead atoms. The Morgan fingerprint density at radius 1 is 1.08 bits per heavy atom. The van der Waals surface area contributed by atoms with Gasteiger partial charge >= 0.3 is 5.97 Å². The maximum absolute atomic E-state index is 11.7. The van der Waals surface area contributed by atoms with Crippen molar-refractivity contribution in [3.05, 3.63) is 78.0 Å². The van der Waals surface area contributed by atoms with Gasteiger partial charge in [-0.25, -0.2) is 4.79 Å². The summed E-state index contributed by atoms with van der Waals surface area (Å²) in [5, 5.41) is 1.09. The molecule has 26 heavy (non-hydrogen) atoms. The van der Waals surface area contributed by atoms with Gasteiger partial charge in [-0.2, -0.15) is 0 Å². The Morgan fingerprint density at radius 3 is 2.65 bits per heavy atom. The number of ether oxygens (including phenoxy) is 2.